The maximum atomic E-state index is 6.24. The number of benzene rings is 2. The van der Waals surface area contributed by atoms with Crippen molar-refractivity contribution in [3.8, 4) is 17.2 Å². The van der Waals surface area contributed by atoms with Gasteiger partial charge in [-0.2, -0.15) is 0 Å². The lowest BCUT2D eigenvalue weighted by atomic mass is 8.97. The van der Waals surface area contributed by atoms with Crippen LogP contribution in [0.4, 0.5) is 0 Å². The van der Waals surface area contributed by atoms with E-state index >= 15 is 0 Å². The molecule has 1 aromatic heterocycles. The molecule has 3 rings (SSSR count). The van der Waals surface area contributed by atoms with E-state index in [1.54, 1.807) is 19.1 Å². The van der Waals surface area contributed by atoms with Gasteiger partial charge in [0.15, 0.2) is 17.2 Å². The number of oxazole rings is 1. The minimum absolute atomic E-state index is 0. The third-order valence-corrected chi connectivity index (χ3v) is 4.82. The molecule has 0 unspecified atom stereocenters. The summed E-state index contributed by atoms with van der Waals surface area (Å²) in [6.45, 7) is 2.85. The fourth-order valence-electron chi connectivity index (χ4n) is 2.49. The van der Waals surface area contributed by atoms with Crippen molar-refractivity contribution >= 4 is 103 Å². The molecule has 0 saturated heterocycles. The van der Waals surface area contributed by atoms with Gasteiger partial charge in [0.05, 0.1) is 23.3 Å². The van der Waals surface area contributed by atoms with Crippen molar-refractivity contribution in [3.63, 3.8) is 0 Å². The molecule has 0 fully saturated rings. The normalized spacial score (nSPS) is 9.86. The van der Waals surface area contributed by atoms with Crippen molar-refractivity contribution in [2.75, 3.05) is 19.8 Å². The van der Waals surface area contributed by atoms with Crippen molar-refractivity contribution < 1.29 is 18.6 Å². The second-order valence-electron chi connectivity index (χ2n) is 6.70. The van der Waals surface area contributed by atoms with Crippen LogP contribution in [0.1, 0.15) is 12.3 Å². The van der Waals surface area contributed by atoms with Crippen molar-refractivity contribution in [2.24, 2.45) is 0 Å². The van der Waals surface area contributed by atoms with Crippen LogP contribution in [0.3, 0.4) is 0 Å². The first-order valence-corrected chi connectivity index (χ1v) is 11.5. The quantitative estimate of drug-likeness (QED) is 0.275. The third-order valence-electron chi connectivity index (χ3n) is 3.95. The lowest BCUT2D eigenvalue weighted by Crippen LogP contribution is -2.23. The number of halogens is 4. The molecule has 15 heteroatoms. The summed E-state index contributed by atoms with van der Waals surface area (Å²) in [4.78, 5) is 4.25. The van der Waals surface area contributed by atoms with Crippen LogP contribution in [0.5, 0.6) is 17.2 Å². The van der Waals surface area contributed by atoms with E-state index in [1.807, 2.05) is 18.2 Å². The van der Waals surface area contributed by atoms with Gasteiger partial charge in [-0.15, -0.1) is 0 Å². The highest BCUT2D eigenvalue weighted by Crippen LogP contribution is 2.37. The summed E-state index contributed by atoms with van der Waals surface area (Å²) in [6, 6.07) is 8.75. The summed E-state index contributed by atoms with van der Waals surface area (Å²) in [7, 11) is 15.8. The summed E-state index contributed by atoms with van der Waals surface area (Å²) >= 11 is 23.5. The Labute approximate surface area is 232 Å². The van der Waals surface area contributed by atoms with Gasteiger partial charge in [-0.25, -0.2) is 4.98 Å². The number of fused-ring (bicyclic) bond motifs is 1. The Kier molecular flexibility index (Phi) is 14.8. The number of aryl methyl sites for hydroxylation is 1. The third kappa shape index (κ3) is 11.5. The Morgan fingerprint density at radius 1 is 1.06 bits per heavy atom. The molecule has 2 aromatic carbocycles. The molecule has 10 radical (unpaired) electrons. The molecule has 0 spiro atoms. The molecule has 0 aliphatic carbocycles. The number of rotatable bonds is 10. The molecule has 0 aliphatic heterocycles. The van der Waals surface area contributed by atoms with E-state index < -0.39 is 6.39 Å². The number of aromatic nitrogens is 1. The van der Waals surface area contributed by atoms with Crippen LogP contribution in [0.15, 0.2) is 45.3 Å². The average Bonchev–Trinajstić information content (AvgIpc) is 3.14. The van der Waals surface area contributed by atoms with E-state index in [9.17, 15) is 0 Å². The highest BCUT2D eigenvalue weighted by atomic mass is 35.5. The summed E-state index contributed by atoms with van der Waals surface area (Å²) in [5.41, 5.74) is 1.50. The van der Waals surface area contributed by atoms with Crippen molar-refractivity contribution in [2.45, 2.75) is 13.3 Å². The van der Waals surface area contributed by atoms with Gasteiger partial charge in [-0.3, -0.25) is 0 Å². The highest BCUT2D eigenvalue weighted by molar-refractivity contribution is 7.60. The van der Waals surface area contributed by atoms with Crippen LogP contribution in [0.25, 0.3) is 11.1 Å². The van der Waals surface area contributed by atoms with Gasteiger partial charge in [0, 0.05) is 76.6 Å². The van der Waals surface area contributed by atoms with E-state index in [2.05, 4.69) is 4.98 Å². The molecule has 0 atom stereocenters. The lowest BCUT2D eigenvalue weighted by molar-refractivity contribution is 0.247. The van der Waals surface area contributed by atoms with Crippen molar-refractivity contribution in [1.82, 2.24) is 4.98 Å². The highest BCUT2D eigenvalue weighted by Gasteiger charge is 2.11. The van der Waals surface area contributed by atoms with Crippen LogP contribution in [0, 0.1) is 6.92 Å². The van der Waals surface area contributed by atoms with Gasteiger partial charge in [0.1, 0.15) is 28.1 Å². The minimum atomic E-state index is -0.463. The van der Waals surface area contributed by atoms with Gasteiger partial charge < -0.3 is 18.6 Å². The van der Waals surface area contributed by atoms with Crippen LogP contribution in [-0.2, 0) is 0 Å². The molecule has 1 heterocycles. The zero-order valence-electron chi connectivity index (χ0n) is 18.8. The largest absolute Gasteiger partial charge is 0.493 e. The summed E-state index contributed by atoms with van der Waals surface area (Å²) in [5, 5.41) is 0.695. The van der Waals surface area contributed by atoms with Gasteiger partial charge >= 0.3 is 0 Å². The van der Waals surface area contributed by atoms with Crippen LogP contribution < -0.4 is 14.2 Å². The van der Waals surface area contributed by atoms with Crippen LogP contribution >= 0.6 is 46.4 Å². The van der Waals surface area contributed by atoms with Crippen molar-refractivity contribution in [1.29, 1.82) is 0 Å². The van der Waals surface area contributed by atoms with Crippen molar-refractivity contribution in [3.05, 3.63) is 56.8 Å². The molecule has 0 bridgehead atoms. The van der Waals surface area contributed by atoms with Gasteiger partial charge in [0.25, 0.3) is 0 Å². The molecular formula is C20H17B6Cl4NO4. The molecular weight excluding hydrogens is 525 g/mol. The van der Waals surface area contributed by atoms with E-state index in [0.29, 0.717) is 58.4 Å². The molecule has 0 saturated carbocycles. The minimum Gasteiger partial charge on any atom is -0.493 e. The van der Waals surface area contributed by atoms with E-state index in [1.165, 1.54) is 13.1 Å². The van der Waals surface area contributed by atoms with E-state index in [-0.39, 0.29) is 19.5 Å². The monoisotopic (exact) mass is 541 g/mol. The van der Waals surface area contributed by atoms with E-state index in [4.69, 9.17) is 88.2 Å². The Hall–Kier alpha value is -1.40. The molecule has 172 valence electrons. The zero-order valence-corrected chi connectivity index (χ0v) is 21.9. The summed E-state index contributed by atoms with van der Waals surface area (Å²) in [6.07, 6.45) is 1.68. The maximum Gasteiger partial charge on any atom is 0.192 e. The number of nitrogens with zero attached hydrogens (tertiary/aromatic N) is 1. The van der Waals surface area contributed by atoms with Crippen LogP contribution in [-0.4, -0.2) is 69.9 Å². The standard InChI is InChI=1S/C20H17Cl4NO4.B5.B/c1-12-25-17-4-3-13(11-18(17)29-12)26-6-2-7-28-20-15(21)9-14(10-16(20)22)27-8-5-19(23)24;1-4-5(2)3;/h3-5,9-11H,2,6-8H2,1H3;;. The summed E-state index contributed by atoms with van der Waals surface area (Å²) < 4.78 is 22.5. The predicted molar refractivity (Wildman–Crippen MR) is 151 cm³/mol. The zero-order chi connectivity index (χ0) is 25.1. The Morgan fingerprint density at radius 2 is 1.69 bits per heavy atom. The van der Waals surface area contributed by atoms with Crippen LogP contribution in [0.2, 0.25) is 10.0 Å². The molecule has 3 aromatic rings. The van der Waals surface area contributed by atoms with Gasteiger partial charge in [-0.1, -0.05) is 46.4 Å². The lowest BCUT2D eigenvalue weighted by Gasteiger charge is -2.12. The molecule has 35 heavy (non-hydrogen) atoms. The van der Waals surface area contributed by atoms with Gasteiger partial charge in [-0.05, 0) is 18.2 Å². The van der Waals surface area contributed by atoms with E-state index in [0.717, 1.165) is 5.52 Å². The first kappa shape index (κ1) is 31.6. The molecule has 0 aliphatic rings. The fraction of sp³-hybridized carbons (Fsp3) is 0.250. The Bertz CT molecular complexity index is 1080. The Balaban J connectivity index is 0.000000927. The fourth-order valence-corrected chi connectivity index (χ4v) is 3.19. The average molecular weight is 542 g/mol. The molecule has 5 nitrogen and oxygen atoms in total. The predicted octanol–water partition coefficient (Wildman–Crippen LogP) is 4.70. The number of hydrogen-bond donors (Lipinski definition) is 0. The molecule has 0 amide bonds. The smallest absolute Gasteiger partial charge is 0.192 e. The summed E-state index contributed by atoms with van der Waals surface area (Å²) in [5.74, 6) is 2.21. The SMILES string of the molecule is Cc1nc2ccc(OCCCOc3c(Cl)cc(OCC=C(Cl)Cl)cc3Cl)cc2o1.[B].[B][B]B([B])[B]. The number of hydrogen-bond acceptors (Lipinski definition) is 5. The molecule has 0 N–H and O–H groups in total. The Morgan fingerprint density at radius 3 is 2.29 bits per heavy atom. The second kappa shape index (κ2) is 16.4. The first-order chi connectivity index (χ1) is 16.2. The first-order valence-electron chi connectivity index (χ1n) is 10.0. The maximum absolute atomic E-state index is 6.24. The number of ether oxygens (including phenoxy) is 3. The second-order valence-corrected chi connectivity index (χ2v) is 8.53. The van der Waals surface area contributed by atoms with Gasteiger partial charge in [0.2, 0.25) is 0 Å². The topological polar surface area (TPSA) is 53.7 Å².